The van der Waals surface area contributed by atoms with Crippen LogP contribution in [-0.4, -0.2) is 74.4 Å². The van der Waals surface area contributed by atoms with Crippen molar-refractivity contribution in [2.75, 3.05) is 26.7 Å². The molecule has 0 radical (unpaired) electrons. The molecule has 116 valence electrons. The van der Waals surface area contributed by atoms with Crippen LogP contribution >= 0.6 is 0 Å². The monoisotopic (exact) mass is 297 g/mol. The molecule has 9 nitrogen and oxygen atoms in total. The Morgan fingerprint density at radius 2 is 1.86 bits per heavy atom. The number of carboxylic acids is 1. The maximum atomic E-state index is 11.9. The van der Waals surface area contributed by atoms with Crippen molar-refractivity contribution in [3.05, 3.63) is 11.9 Å². The van der Waals surface area contributed by atoms with Crippen LogP contribution in [0.5, 0.6) is 0 Å². The Hall–Kier alpha value is -2.45. The summed E-state index contributed by atoms with van der Waals surface area (Å²) >= 11 is 0. The van der Waals surface area contributed by atoms with Crippen LogP contribution in [-0.2, 0) is 16.1 Å². The van der Waals surface area contributed by atoms with Gasteiger partial charge in [0.15, 0.2) is 5.69 Å². The van der Waals surface area contributed by atoms with Gasteiger partial charge in [-0.1, -0.05) is 5.21 Å². The molecule has 0 aliphatic carbocycles. The number of aromatic carboxylic acids is 1. The fraction of sp³-hybridized carbons (Fsp3) is 0.583. The number of carboxylic acid groups (broad SMARTS) is 1. The van der Waals surface area contributed by atoms with Gasteiger partial charge < -0.3 is 14.9 Å². The highest BCUT2D eigenvalue weighted by Gasteiger charge is 2.18. The Morgan fingerprint density at radius 1 is 1.24 bits per heavy atom. The highest BCUT2D eigenvalue weighted by atomic mass is 16.4. The molecular weight excluding hydrogens is 278 g/mol. The third-order valence-corrected chi connectivity index (χ3v) is 2.97. The van der Waals surface area contributed by atoms with Gasteiger partial charge in [-0.3, -0.25) is 9.59 Å². The van der Waals surface area contributed by atoms with Crippen molar-refractivity contribution in [3.8, 4) is 0 Å². The minimum Gasteiger partial charge on any atom is -0.476 e. The van der Waals surface area contributed by atoms with Gasteiger partial charge in [-0.2, -0.15) is 0 Å². The lowest BCUT2D eigenvalue weighted by atomic mass is 10.4. The molecule has 0 unspecified atom stereocenters. The molecule has 9 heteroatoms. The molecule has 1 aromatic heterocycles. The van der Waals surface area contributed by atoms with Gasteiger partial charge in [0.05, 0.1) is 12.7 Å². The van der Waals surface area contributed by atoms with Crippen LogP contribution in [0.3, 0.4) is 0 Å². The van der Waals surface area contributed by atoms with Gasteiger partial charge in [0, 0.05) is 20.1 Å². The minimum atomic E-state index is -1.21. The van der Waals surface area contributed by atoms with Crippen LogP contribution in [0.15, 0.2) is 6.20 Å². The van der Waals surface area contributed by atoms with E-state index in [4.69, 9.17) is 5.11 Å². The summed E-state index contributed by atoms with van der Waals surface area (Å²) in [5, 5.41) is 15.7. The Balaban J connectivity index is 2.58. The Labute approximate surface area is 122 Å². The Bertz CT molecular complexity index is 523. The smallest absolute Gasteiger partial charge is 0.358 e. The maximum absolute atomic E-state index is 11.9. The van der Waals surface area contributed by atoms with Crippen molar-refractivity contribution < 1.29 is 19.5 Å². The molecule has 2 amide bonds. The van der Waals surface area contributed by atoms with Crippen molar-refractivity contribution in [1.82, 2.24) is 24.8 Å². The number of amides is 2. The predicted octanol–water partition coefficient (Wildman–Crippen LogP) is -0.697. The summed E-state index contributed by atoms with van der Waals surface area (Å²) < 4.78 is 1.13. The van der Waals surface area contributed by atoms with E-state index in [0.717, 1.165) is 4.68 Å². The normalized spacial score (nSPS) is 10.2. The number of rotatable bonds is 7. The SMILES string of the molecule is CCN(CC)C(=O)CN(C)C(=O)Cn1cc(C(=O)O)nn1. The lowest BCUT2D eigenvalue weighted by molar-refractivity contribution is -0.139. The minimum absolute atomic E-state index is 0.0268. The van der Waals surface area contributed by atoms with Gasteiger partial charge in [-0.05, 0) is 13.8 Å². The van der Waals surface area contributed by atoms with Gasteiger partial charge in [-0.25, -0.2) is 9.48 Å². The summed E-state index contributed by atoms with van der Waals surface area (Å²) in [5.41, 5.74) is -0.232. The van der Waals surface area contributed by atoms with Crippen LogP contribution in [0, 0.1) is 0 Å². The quantitative estimate of drug-likeness (QED) is 0.713. The first-order valence-corrected chi connectivity index (χ1v) is 6.54. The first kappa shape index (κ1) is 16.6. The molecule has 0 aliphatic heterocycles. The van der Waals surface area contributed by atoms with E-state index in [0.29, 0.717) is 13.1 Å². The first-order chi connectivity index (χ1) is 9.88. The molecule has 0 spiro atoms. The van der Waals surface area contributed by atoms with E-state index in [9.17, 15) is 14.4 Å². The van der Waals surface area contributed by atoms with E-state index in [1.54, 1.807) is 4.90 Å². The molecule has 1 rings (SSSR count). The summed E-state index contributed by atoms with van der Waals surface area (Å²) in [4.78, 5) is 37.4. The first-order valence-electron chi connectivity index (χ1n) is 6.54. The van der Waals surface area contributed by atoms with Crippen molar-refractivity contribution >= 4 is 17.8 Å². The Morgan fingerprint density at radius 3 is 2.33 bits per heavy atom. The average molecular weight is 297 g/mol. The van der Waals surface area contributed by atoms with E-state index in [-0.39, 0.29) is 30.6 Å². The molecular formula is C12H19N5O4. The molecule has 0 fully saturated rings. The van der Waals surface area contributed by atoms with E-state index < -0.39 is 5.97 Å². The molecule has 0 saturated heterocycles. The van der Waals surface area contributed by atoms with Gasteiger partial charge in [0.2, 0.25) is 11.8 Å². The highest BCUT2D eigenvalue weighted by Crippen LogP contribution is 1.97. The molecule has 1 aromatic rings. The van der Waals surface area contributed by atoms with Crippen LogP contribution < -0.4 is 0 Å². The zero-order chi connectivity index (χ0) is 16.0. The number of hydrogen-bond donors (Lipinski definition) is 1. The van der Waals surface area contributed by atoms with Crippen molar-refractivity contribution in [1.29, 1.82) is 0 Å². The standard InChI is InChI=1S/C12H19N5O4/c1-4-16(5-2)11(19)7-15(3)10(18)8-17-6-9(12(20)21)13-14-17/h6H,4-5,7-8H2,1-3H3,(H,20,21). The zero-order valence-corrected chi connectivity index (χ0v) is 12.3. The van der Waals surface area contributed by atoms with Crippen LogP contribution in [0.25, 0.3) is 0 Å². The van der Waals surface area contributed by atoms with Crippen molar-refractivity contribution in [3.63, 3.8) is 0 Å². The van der Waals surface area contributed by atoms with E-state index >= 15 is 0 Å². The van der Waals surface area contributed by atoms with Crippen molar-refractivity contribution in [2.24, 2.45) is 0 Å². The number of hydrogen-bond acceptors (Lipinski definition) is 5. The summed E-state index contributed by atoms with van der Waals surface area (Å²) in [6.07, 6.45) is 1.17. The molecule has 1 heterocycles. The molecule has 1 N–H and O–H groups in total. The third-order valence-electron chi connectivity index (χ3n) is 2.97. The number of aromatic nitrogens is 3. The van der Waals surface area contributed by atoms with E-state index in [1.807, 2.05) is 13.8 Å². The number of nitrogens with zero attached hydrogens (tertiary/aromatic N) is 5. The lowest BCUT2D eigenvalue weighted by Crippen LogP contribution is -2.42. The van der Waals surface area contributed by atoms with Gasteiger partial charge in [-0.15, -0.1) is 5.10 Å². The number of carbonyl (C=O) groups is 3. The fourth-order valence-electron chi connectivity index (χ4n) is 1.70. The van der Waals surface area contributed by atoms with Crippen LogP contribution in [0.2, 0.25) is 0 Å². The maximum Gasteiger partial charge on any atom is 0.358 e. The number of likely N-dealkylation sites (N-methyl/N-ethyl adjacent to an activating group) is 2. The summed E-state index contributed by atoms with van der Waals surface area (Å²) in [7, 11) is 1.51. The second-order valence-corrected chi connectivity index (χ2v) is 4.42. The van der Waals surface area contributed by atoms with Gasteiger partial charge in [0.25, 0.3) is 0 Å². The predicted molar refractivity (Wildman–Crippen MR) is 72.5 cm³/mol. The van der Waals surface area contributed by atoms with Crippen LogP contribution in [0.1, 0.15) is 24.3 Å². The summed E-state index contributed by atoms with van der Waals surface area (Å²) in [6.45, 7) is 4.71. The average Bonchev–Trinajstić information content (AvgIpc) is 2.88. The second-order valence-electron chi connectivity index (χ2n) is 4.42. The van der Waals surface area contributed by atoms with E-state index in [1.165, 1.54) is 18.1 Å². The highest BCUT2D eigenvalue weighted by molar-refractivity contribution is 5.85. The van der Waals surface area contributed by atoms with Gasteiger partial charge in [0.1, 0.15) is 6.54 Å². The molecule has 0 saturated carbocycles. The molecule has 0 aliphatic rings. The largest absolute Gasteiger partial charge is 0.476 e. The zero-order valence-electron chi connectivity index (χ0n) is 12.3. The molecule has 0 aromatic carbocycles. The topological polar surface area (TPSA) is 109 Å². The second kappa shape index (κ2) is 7.36. The van der Waals surface area contributed by atoms with Gasteiger partial charge >= 0.3 is 5.97 Å². The molecule has 0 atom stereocenters. The molecule has 21 heavy (non-hydrogen) atoms. The molecule has 0 bridgehead atoms. The fourth-order valence-corrected chi connectivity index (χ4v) is 1.70. The van der Waals surface area contributed by atoms with Crippen LogP contribution in [0.4, 0.5) is 0 Å². The summed E-state index contributed by atoms with van der Waals surface area (Å²) in [5.74, 6) is -1.70. The van der Waals surface area contributed by atoms with Crippen molar-refractivity contribution in [2.45, 2.75) is 20.4 Å². The third kappa shape index (κ3) is 4.55. The van der Waals surface area contributed by atoms with E-state index in [2.05, 4.69) is 10.3 Å². The number of carbonyl (C=O) groups excluding carboxylic acids is 2. The summed E-state index contributed by atoms with van der Waals surface area (Å²) in [6, 6.07) is 0. The Kier molecular flexibility index (Phi) is 5.82. The lowest BCUT2D eigenvalue weighted by Gasteiger charge is -2.23.